The van der Waals surface area contributed by atoms with Gasteiger partial charge in [0.2, 0.25) is 0 Å². The molecule has 1 aromatic carbocycles. The van der Waals surface area contributed by atoms with Gasteiger partial charge in [0.15, 0.2) is 0 Å². The summed E-state index contributed by atoms with van der Waals surface area (Å²) in [5.41, 5.74) is 0.918. The van der Waals surface area contributed by atoms with Crippen LogP contribution in [0.4, 0.5) is 0 Å². The smallest absolute Gasteiger partial charge is 0.354 e. The molecule has 3 N–H and O–H groups in total. The van der Waals surface area contributed by atoms with Crippen molar-refractivity contribution in [3.8, 4) is 5.75 Å². The van der Waals surface area contributed by atoms with Crippen LogP contribution < -0.4 is 5.32 Å². The maximum absolute atomic E-state index is 11.9. The van der Waals surface area contributed by atoms with E-state index in [1.165, 1.54) is 30.5 Å². The van der Waals surface area contributed by atoms with Gasteiger partial charge < -0.3 is 15.5 Å². The van der Waals surface area contributed by atoms with Gasteiger partial charge in [-0.05, 0) is 29.8 Å². The molecule has 0 bridgehead atoms. The van der Waals surface area contributed by atoms with Crippen molar-refractivity contribution in [3.63, 3.8) is 0 Å². The molecule has 6 nitrogen and oxygen atoms in total. The number of rotatable bonds is 4. The van der Waals surface area contributed by atoms with Crippen molar-refractivity contribution < 1.29 is 19.8 Å². The van der Waals surface area contributed by atoms with Crippen molar-refractivity contribution in [2.24, 2.45) is 0 Å². The number of carbonyl (C=O) groups excluding carboxylic acids is 1. The minimum Gasteiger partial charge on any atom is -0.506 e. The Kier molecular flexibility index (Phi) is 4.39. The molecule has 2 aromatic rings. The van der Waals surface area contributed by atoms with Gasteiger partial charge in [0.25, 0.3) is 5.91 Å². The first-order chi connectivity index (χ1) is 9.97. The number of hydrogen-bond donors (Lipinski definition) is 3. The molecular weight excluding hydrogens is 296 g/mol. The number of pyridine rings is 1. The van der Waals surface area contributed by atoms with E-state index in [0.29, 0.717) is 11.1 Å². The van der Waals surface area contributed by atoms with Crippen LogP contribution in [0.25, 0.3) is 0 Å². The van der Waals surface area contributed by atoms with E-state index in [9.17, 15) is 14.7 Å². The van der Waals surface area contributed by atoms with Crippen LogP contribution in [0.5, 0.6) is 5.75 Å². The van der Waals surface area contributed by atoms with Crippen molar-refractivity contribution in [2.45, 2.75) is 6.54 Å². The van der Waals surface area contributed by atoms with Crippen LogP contribution in [0.3, 0.4) is 0 Å². The summed E-state index contributed by atoms with van der Waals surface area (Å²) >= 11 is 5.73. The molecule has 21 heavy (non-hydrogen) atoms. The highest BCUT2D eigenvalue weighted by molar-refractivity contribution is 6.32. The minimum absolute atomic E-state index is 0.0598. The highest BCUT2D eigenvalue weighted by Crippen LogP contribution is 2.23. The zero-order chi connectivity index (χ0) is 15.4. The molecule has 0 aliphatic heterocycles. The van der Waals surface area contributed by atoms with E-state index in [2.05, 4.69) is 10.3 Å². The summed E-state index contributed by atoms with van der Waals surface area (Å²) in [5, 5.41) is 20.7. The Morgan fingerprint density at radius 3 is 2.57 bits per heavy atom. The zero-order valence-corrected chi connectivity index (χ0v) is 11.5. The predicted molar refractivity (Wildman–Crippen MR) is 75.5 cm³/mol. The third kappa shape index (κ3) is 3.70. The van der Waals surface area contributed by atoms with Crippen molar-refractivity contribution >= 4 is 23.5 Å². The van der Waals surface area contributed by atoms with E-state index in [1.54, 1.807) is 6.07 Å². The van der Waals surface area contributed by atoms with Crippen molar-refractivity contribution in [1.29, 1.82) is 0 Å². The number of benzene rings is 1. The summed E-state index contributed by atoms with van der Waals surface area (Å²) in [5.74, 6) is -1.56. The zero-order valence-electron chi connectivity index (χ0n) is 10.7. The Bertz CT molecular complexity index is 686. The van der Waals surface area contributed by atoms with E-state index in [-0.39, 0.29) is 28.9 Å². The van der Waals surface area contributed by atoms with Crippen LogP contribution in [0.15, 0.2) is 36.5 Å². The number of halogens is 1. The summed E-state index contributed by atoms with van der Waals surface area (Å²) in [6.07, 6.45) is 1.38. The monoisotopic (exact) mass is 306 g/mol. The molecular formula is C14H11ClN2O4. The summed E-state index contributed by atoms with van der Waals surface area (Å²) in [7, 11) is 0. The van der Waals surface area contributed by atoms with Gasteiger partial charge in [0, 0.05) is 18.3 Å². The average molecular weight is 307 g/mol. The summed E-state index contributed by atoms with van der Waals surface area (Å²) in [4.78, 5) is 26.3. The van der Waals surface area contributed by atoms with Crippen LogP contribution in [0.2, 0.25) is 5.02 Å². The van der Waals surface area contributed by atoms with E-state index in [0.717, 1.165) is 0 Å². The highest BCUT2D eigenvalue weighted by Gasteiger charge is 2.09. The number of nitrogens with one attached hydrogen (secondary N) is 1. The van der Waals surface area contributed by atoms with E-state index >= 15 is 0 Å². The number of nitrogens with zero attached hydrogens (tertiary/aromatic N) is 1. The molecule has 0 atom stereocenters. The normalized spacial score (nSPS) is 10.1. The number of hydrogen-bond acceptors (Lipinski definition) is 4. The van der Waals surface area contributed by atoms with Gasteiger partial charge in [-0.3, -0.25) is 4.79 Å². The van der Waals surface area contributed by atoms with Gasteiger partial charge in [-0.25, -0.2) is 9.78 Å². The molecule has 0 radical (unpaired) electrons. The Labute approximate surface area is 125 Å². The number of aromatic carboxylic acids is 1. The molecule has 0 aliphatic carbocycles. The van der Waals surface area contributed by atoms with Crippen molar-refractivity contribution in [1.82, 2.24) is 10.3 Å². The third-order valence-corrected chi connectivity index (χ3v) is 3.01. The van der Waals surface area contributed by atoms with Gasteiger partial charge in [-0.1, -0.05) is 17.7 Å². The number of aromatic nitrogens is 1. The molecule has 0 aliphatic rings. The van der Waals surface area contributed by atoms with Gasteiger partial charge >= 0.3 is 5.97 Å². The molecule has 108 valence electrons. The first-order valence-corrected chi connectivity index (χ1v) is 6.30. The molecule has 1 amide bonds. The molecule has 0 saturated carbocycles. The number of carboxylic acid groups (broad SMARTS) is 1. The van der Waals surface area contributed by atoms with Crippen LogP contribution in [-0.2, 0) is 6.54 Å². The Morgan fingerprint density at radius 1 is 1.24 bits per heavy atom. The van der Waals surface area contributed by atoms with Crippen LogP contribution >= 0.6 is 11.6 Å². The van der Waals surface area contributed by atoms with E-state index in [4.69, 9.17) is 16.7 Å². The molecule has 0 saturated heterocycles. The lowest BCUT2D eigenvalue weighted by Crippen LogP contribution is -2.22. The standard InChI is InChI=1S/C14H11ClN2O4/c15-10-5-9(2-4-12(10)18)13(19)17-7-8-1-3-11(14(20)21)16-6-8/h1-6,18H,7H2,(H,17,19)(H,20,21). The quantitative estimate of drug-likeness (QED) is 0.803. The Balaban J connectivity index is 2.00. The van der Waals surface area contributed by atoms with Gasteiger partial charge in [0.05, 0.1) is 5.02 Å². The van der Waals surface area contributed by atoms with Crippen molar-refractivity contribution in [2.75, 3.05) is 0 Å². The van der Waals surface area contributed by atoms with Gasteiger partial charge in [-0.15, -0.1) is 0 Å². The molecule has 0 spiro atoms. The van der Waals surface area contributed by atoms with Crippen molar-refractivity contribution in [3.05, 3.63) is 58.4 Å². The first kappa shape index (κ1) is 14.8. The Morgan fingerprint density at radius 2 is 2.00 bits per heavy atom. The molecule has 2 rings (SSSR count). The predicted octanol–water partition coefficient (Wildman–Crippen LogP) is 2.07. The average Bonchev–Trinajstić information content (AvgIpc) is 2.48. The number of carbonyl (C=O) groups is 2. The summed E-state index contributed by atoms with van der Waals surface area (Å²) in [6.45, 7) is 0.199. The second-order valence-corrected chi connectivity index (χ2v) is 4.61. The molecule has 1 aromatic heterocycles. The molecule has 7 heteroatoms. The highest BCUT2D eigenvalue weighted by atomic mass is 35.5. The number of phenols is 1. The van der Waals surface area contributed by atoms with Gasteiger partial charge in [0.1, 0.15) is 11.4 Å². The van der Waals surface area contributed by atoms with Crippen LogP contribution in [-0.4, -0.2) is 27.1 Å². The number of carboxylic acids is 1. The fourth-order valence-electron chi connectivity index (χ4n) is 1.59. The maximum atomic E-state index is 11.9. The minimum atomic E-state index is -1.11. The topological polar surface area (TPSA) is 99.5 Å². The Hall–Kier alpha value is -2.60. The number of amides is 1. The molecule has 0 unspecified atom stereocenters. The maximum Gasteiger partial charge on any atom is 0.354 e. The number of phenolic OH excluding ortho intramolecular Hbond substituents is 1. The lowest BCUT2D eigenvalue weighted by molar-refractivity contribution is 0.0690. The number of aromatic hydroxyl groups is 1. The molecule has 1 heterocycles. The van der Waals surface area contributed by atoms with Crippen LogP contribution in [0.1, 0.15) is 26.4 Å². The van der Waals surface area contributed by atoms with E-state index in [1.807, 2.05) is 0 Å². The largest absolute Gasteiger partial charge is 0.506 e. The van der Waals surface area contributed by atoms with E-state index < -0.39 is 5.97 Å². The third-order valence-electron chi connectivity index (χ3n) is 2.71. The second kappa shape index (κ2) is 6.23. The van der Waals surface area contributed by atoms with Gasteiger partial charge in [-0.2, -0.15) is 0 Å². The molecule has 0 fully saturated rings. The summed E-state index contributed by atoms with van der Waals surface area (Å²) < 4.78 is 0. The lowest BCUT2D eigenvalue weighted by atomic mass is 10.2. The van der Waals surface area contributed by atoms with Crippen LogP contribution in [0, 0.1) is 0 Å². The SMILES string of the molecule is O=C(NCc1ccc(C(=O)O)nc1)c1ccc(O)c(Cl)c1. The fraction of sp³-hybridized carbons (Fsp3) is 0.0714. The lowest BCUT2D eigenvalue weighted by Gasteiger charge is -2.06. The summed E-state index contributed by atoms with van der Waals surface area (Å²) in [6, 6.07) is 7.07. The second-order valence-electron chi connectivity index (χ2n) is 4.21. The fourth-order valence-corrected chi connectivity index (χ4v) is 1.77. The first-order valence-electron chi connectivity index (χ1n) is 5.92.